The zero-order valence-electron chi connectivity index (χ0n) is 16.3. The van der Waals surface area contributed by atoms with Gasteiger partial charge < -0.3 is 20.9 Å². The highest BCUT2D eigenvalue weighted by Crippen LogP contribution is 2.27. The zero-order chi connectivity index (χ0) is 19.5. The maximum absolute atomic E-state index is 8.91. The Labute approximate surface area is 166 Å². The number of aliphatic hydroxyl groups is 1. The van der Waals surface area contributed by atoms with Crippen molar-refractivity contribution in [3.8, 4) is 5.75 Å². The van der Waals surface area contributed by atoms with Crippen LogP contribution in [0.25, 0.3) is 0 Å². The van der Waals surface area contributed by atoms with Crippen molar-refractivity contribution < 1.29 is 9.84 Å². The standard InChI is InChI=1S/C21H31N3O2S/c1-3-18(4-2)26-19-10-9-17(24-21(22)20-8-7-13-27-20)14-16(19)15-23-11-5-6-12-25/h7-10,13-14,18,23,25H,3-6,11-12,15H2,1-2H3,(H2,22,24). The number of rotatable bonds is 12. The SMILES string of the molecule is CCC(CC)Oc1ccc(N=C(N)c2cccs2)cc1CNCCCCO. The molecule has 2 rings (SSSR count). The van der Waals surface area contributed by atoms with Gasteiger partial charge in [0.05, 0.1) is 16.7 Å². The van der Waals surface area contributed by atoms with Crippen LogP contribution in [0.1, 0.15) is 50.0 Å². The van der Waals surface area contributed by atoms with E-state index in [1.165, 1.54) is 0 Å². The van der Waals surface area contributed by atoms with Crippen molar-refractivity contribution in [3.05, 3.63) is 46.2 Å². The van der Waals surface area contributed by atoms with Gasteiger partial charge in [-0.05, 0) is 61.9 Å². The molecule has 0 amide bonds. The molecule has 0 aliphatic heterocycles. The summed E-state index contributed by atoms with van der Waals surface area (Å²) in [5, 5.41) is 14.3. The first-order valence-electron chi connectivity index (χ1n) is 9.67. The summed E-state index contributed by atoms with van der Waals surface area (Å²) < 4.78 is 6.20. The first-order chi connectivity index (χ1) is 13.2. The van der Waals surface area contributed by atoms with E-state index in [-0.39, 0.29) is 12.7 Å². The second kappa shape index (κ2) is 11.7. The molecule has 0 spiro atoms. The Morgan fingerprint density at radius 3 is 2.74 bits per heavy atom. The third kappa shape index (κ3) is 6.97. The summed E-state index contributed by atoms with van der Waals surface area (Å²) in [5.41, 5.74) is 8.03. The Morgan fingerprint density at radius 2 is 2.07 bits per heavy atom. The molecule has 0 atom stereocenters. The maximum Gasteiger partial charge on any atom is 0.141 e. The lowest BCUT2D eigenvalue weighted by Gasteiger charge is -2.19. The summed E-state index contributed by atoms with van der Waals surface area (Å²) in [6, 6.07) is 9.92. The zero-order valence-corrected chi connectivity index (χ0v) is 17.1. The molecule has 0 aliphatic rings. The van der Waals surface area contributed by atoms with E-state index in [1.807, 2.05) is 35.7 Å². The van der Waals surface area contributed by atoms with Gasteiger partial charge in [0.1, 0.15) is 11.6 Å². The van der Waals surface area contributed by atoms with Crippen molar-refractivity contribution >= 4 is 22.9 Å². The van der Waals surface area contributed by atoms with Gasteiger partial charge in [-0.3, -0.25) is 0 Å². The Morgan fingerprint density at radius 1 is 1.26 bits per heavy atom. The lowest BCUT2D eigenvalue weighted by molar-refractivity contribution is 0.190. The third-order valence-electron chi connectivity index (χ3n) is 4.35. The minimum Gasteiger partial charge on any atom is -0.490 e. The molecule has 0 fully saturated rings. The first kappa shape index (κ1) is 21.4. The van der Waals surface area contributed by atoms with Crippen molar-refractivity contribution in [2.24, 2.45) is 10.7 Å². The monoisotopic (exact) mass is 389 g/mol. The fourth-order valence-electron chi connectivity index (χ4n) is 2.73. The number of ether oxygens (including phenoxy) is 1. The highest BCUT2D eigenvalue weighted by atomic mass is 32.1. The Kier molecular flexibility index (Phi) is 9.31. The first-order valence-corrected chi connectivity index (χ1v) is 10.5. The molecule has 1 aromatic carbocycles. The van der Waals surface area contributed by atoms with Crippen molar-refractivity contribution in [1.82, 2.24) is 5.32 Å². The van der Waals surface area contributed by atoms with Gasteiger partial charge >= 0.3 is 0 Å². The lowest BCUT2D eigenvalue weighted by Crippen LogP contribution is -2.18. The van der Waals surface area contributed by atoms with Crippen LogP contribution in [-0.2, 0) is 6.54 Å². The number of unbranched alkanes of at least 4 members (excludes halogenated alkanes) is 1. The van der Waals surface area contributed by atoms with Crippen molar-refractivity contribution in [1.29, 1.82) is 0 Å². The molecular weight excluding hydrogens is 358 g/mol. The molecule has 1 aromatic heterocycles. The quantitative estimate of drug-likeness (QED) is 0.288. The number of thiophene rings is 1. The number of benzene rings is 1. The molecule has 0 bridgehead atoms. The van der Waals surface area contributed by atoms with E-state index in [0.29, 0.717) is 12.4 Å². The van der Waals surface area contributed by atoms with Crippen LogP contribution >= 0.6 is 11.3 Å². The van der Waals surface area contributed by atoms with Gasteiger partial charge in [0, 0.05) is 18.7 Å². The highest BCUT2D eigenvalue weighted by Gasteiger charge is 2.11. The van der Waals surface area contributed by atoms with Crippen LogP contribution in [0.4, 0.5) is 5.69 Å². The van der Waals surface area contributed by atoms with Crippen LogP contribution in [0.2, 0.25) is 0 Å². The molecule has 0 unspecified atom stereocenters. The molecule has 0 saturated carbocycles. The predicted octanol–water partition coefficient (Wildman–Crippen LogP) is 4.21. The van der Waals surface area contributed by atoms with Gasteiger partial charge in [-0.15, -0.1) is 11.3 Å². The number of hydrogen-bond donors (Lipinski definition) is 3. The molecule has 5 nitrogen and oxygen atoms in total. The van der Waals surface area contributed by atoms with Crippen LogP contribution < -0.4 is 15.8 Å². The number of nitrogens with two attached hydrogens (primary N) is 1. The second-order valence-corrected chi connectivity index (χ2v) is 7.38. The molecule has 4 N–H and O–H groups in total. The number of aliphatic imine (C=N–C) groups is 1. The van der Waals surface area contributed by atoms with E-state index in [1.54, 1.807) is 11.3 Å². The number of amidine groups is 1. The summed E-state index contributed by atoms with van der Waals surface area (Å²) in [5.74, 6) is 1.42. The topological polar surface area (TPSA) is 79.9 Å². The number of nitrogens with one attached hydrogen (secondary N) is 1. The van der Waals surface area contributed by atoms with Crippen LogP contribution in [0.5, 0.6) is 5.75 Å². The van der Waals surface area contributed by atoms with Crippen LogP contribution in [-0.4, -0.2) is 30.2 Å². The van der Waals surface area contributed by atoms with Gasteiger partial charge in [-0.1, -0.05) is 19.9 Å². The van der Waals surface area contributed by atoms with Gasteiger partial charge in [0.25, 0.3) is 0 Å². The van der Waals surface area contributed by atoms with Gasteiger partial charge in [-0.25, -0.2) is 4.99 Å². The highest BCUT2D eigenvalue weighted by molar-refractivity contribution is 7.12. The van der Waals surface area contributed by atoms with E-state index in [2.05, 4.69) is 24.2 Å². The molecule has 0 radical (unpaired) electrons. The predicted molar refractivity (Wildman–Crippen MR) is 114 cm³/mol. The normalized spacial score (nSPS) is 11.9. The number of nitrogens with zero attached hydrogens (tertiary/aromatic N) is 1. The van der Waals surface area contributed by atoms with E-state index >= 15 is 0 Å². The van der Waals surface area contributed by atoms with Crippen molar-refractivity contribution in [3.63, 3.8) is 0 Å². The molecular formula is C21H31N3O2S. The van der Waals surface area contributed by atoms with E-state index < -0.39 is 0 Å². The smallest absolute Gasteiger partial charge is 0.141 e. The number of aliphatic hydroxyl groups excluding tert-OH is 1. The van der Waals surface area contributed by atoms with Crippen molar-refractivity contribution in [2.45, 2.75) is 52.2 Å². The summed E-state index contributed by atoms with van der Waals surface area (Å²) >= 11 is 1.58. The van der Waals surface area contributed by atoms with Gasteiger partial charge in [0.15, 0.2) is 0 Å². The average molecular weight is 390 g/mol. The van der Waals surface area contributed by atoms with E-state index in [0.717, 1.165) is 54.1 Å². The summed E-state index contributed by atoms with van der Waals surface area (Å²) in [4.78, 5) is 5.54. The maximum atomic E-state index is 8.91. The van der Waals surface area contributed by atoms with Gasteiger partial charge in [-0.2, -0.15) is 0 Å². The fraction of sp³-hybridized carbons (Fsp3) is 0.476. The molecule has 2 aromatic rings. The summed E-state index contributed by atoms with van der Waals surface area (Å²) in [6.45, 7) is 6.07. The molecule has 1 heterocycles. The van der Waals surface area contributed by atoms with E-state index in [9.17, 15) is 0 Å². The molecule has 27 heavy (non-hydrogen) atoms. The summed E-state index contributed by atoms with van der Waals surface area (Å²) in [6.07, 6.45) is 3.92. The minimum absolute atomic E-state index is 0.212. The Bertz CT molecular complexity index is 697. The van der Waals surface area contributed by atoms with Crippen molar-refractivity contribution in [2.75, 3.05) is 13.2 Å². The Balaban J connectivity index is 2.16. The fourth-order valence-corrected chi connectivity index (χ4v) is 3.35. The second-order valence-electron chi connectivity index (χ2n) is 6.43. The third-order valence-corrected chi connectivity index (χ3v) is 5.24. The van der Waals surface area contributed by atoms with Gasteiger partial charge in [0.2, 0.25) is 0 Å². The lowest BCUT2D eigenvalue weighted by atomic mass is 10.1. The minimum atomic E-state index is 0.212. The molecule has 0 saturated heterocycles. The van der Waals surface area contributed by atoms with E-state index in [4.69, 9.17) is 15.6 Å². The largest absolute Gasteiger partial charge is 0.490 e. The molecule has 0 aliphatic carbocycles. The van der Waals surface area contributed by atoms with Crippen LogP contribution in [0.15, 0.2) is 40.7 Å². The Hall–Kier alpha value is -1.89. The van der Waals surface area contributed by atoms with Crippen LogP contribution in [0.3, 0.4) is 0 Å². The summed E-state index contributed by atoms with van der Waals surface area (Å²) in [7, 11) is 0. The van der Waals surface area contributed by atoms with Crippen LogP contribution in [0, 0.1) is 0 Å². The average Bonchev–Trinajstić information content (AvgIpc) is 3.22. The number of hydrogen-bond acceptors (Lipinski definition) is 5. The molecule has 148 valence electrons. The molecule has 6 heteroatoms.